The maximum Gasteiger partial charge on any atom is 0.243 e. The van der Waals surface area contributed by atoms with E-state index in [1.807, 2.05) is 25.1 Å². The Morgan fingerprint density at radius 2 is 2.29 bits per heavy atom. The van der Waals surface area contributed by atoms with Crippen LogP contribution in [0, 0.1) is 6.92 Å². The number of hydrogen-bond acceptors (Lipinski definition) is 5. The van der Waals surface area contributed by atoms with Gasteiger partial charge in [0.15, 0.2) is 0 Å². The molecule has 0 radical (unpaired) electrons. The Hall–Kier alpha value is -1.15. The van der Waals surface area contributed by atoms with Gasteiger partial charge in [0.25, 0.3) is 0 Å². The summed E-state index contributed by atoms with van der Waals surface area (Å²) in [6.07, 6.45) is -0.630. The third-order valence-corrected chi connectivity index (χ3v) is 3.19. The summed E-state index contributed by atoms with van der Waals surface area (Å²) in [7, 11) is 0. The highest BCUT2D eigenvalue weighted by molar-refractivity contribution is 9.10. The van der Waals surface area contributed by atoms with Crippen LogP contribution in [0.4, 0.5) is 0 Å². The number of halogens is 1. The number of ether oxygens (including phenoxy) is 2. The van der Waals surface area contributed by atoms with Gasteiger partial charge in [-0.3, -0.25) is 4.79 Å². The minimum absolute atomic E-state index is 0.0885. The second-order valence-electron chi connectivity index (χ2n) is 4.62. The first-order chi connectivity index (χ1) is 9.99. The standard InChI is InChI=1S/C14H21BrN2O4/c1-10-2-3-13(12(15)6-10)21-8-11(18)7-17-4-5-20-9-14(16)19/h2-3,6,11,17-18H,4-5,7-9H2,1H3,(H2,16,19). The lowest BCUT2D eigenvalue weighted by Gasteiger charge is -2.14. The summed E-state index contributed by atoms with van der Waals surface area (Å²) in [6, 6.07) is 5.76. The van der Waals surface area contributed by atoms with Gasteiger partial charge < -0.3 is 25.6 Å². The molecular formula is C14H21BrN2O4. The Morgan fingerprint density at radius 3 is 2.95 bits per heavy atom. The predicted molar refractivity (Wildman–Crippen MR) is 83.3 cm³/mol. The molecule has 1 aromatic carbocycles. The van der Waals surface area contributed by atoms with E-state index in [-0.39, 0.29) is 13.2 Å². The SMILES string of the molecule is Cc1ccc(OCC(O)CNCCOCC(N)=O)c(Br)c1. The van der Waals surface area contributed by atoms with E-state index in [1.54, 1.807) is 0 Å². The molecular weight excluding hydrogens is 340 g/mol. The minimum Gasteiger partial charge on any atom is -0.490 e. The van der Waals surface area contributed by atoms with Gasteiger partial charge in [-0.2, -0.15) is 0 Å². The normalized spacial score (nSPS) is 12.1. The molecule has 21 heavy (non-hydrogen) atoms. The van der Waals surface area contributed by atoms with Crippen LogP contribution in [-0.4, -0.2) is 50.0 Å². The lowest BCUT2D eigenvalue weighted by Crippen LogP contribution is -2.33. The molecule has 118 valence electrons. The average Bonchev–Trinajstić information content (AvgIpc) is 2.41. The van der Waals surface area contributed by atoms with E-state index in [0.29, 0.717) is 25.4 Å². The number of aliphatic hydroxyl groups excluding tert-OH is 1. The number of carbonyl (C=O) groups excluding carboxylic acids is 1. The molecule has 0 saturated heterocycles. The lowest BCUT2D eigenvalue weighted by atomic mass is 10.2. The first-order valence-corrected chi connectivity index (χ1v) is 7.42. The Kier molecular flexibility index (Phi) is 8.29. The number of amides is 1. The topological polar surface area (TPSA) is 93.8 Å². The fourth-order valence-electron chi connectivity index (χ4n) is 1.55. The van der Waals surface area contributed by atoms with E-state index >= 15 is 0 Å². The molecule has 0 aliphatic rings. The number of nitrogens with one attached hydrogen (secondary N) is 1. The summed E-state index contributed by atoms with van der Waals surface area (Å²) in [4.78, 5) is 10.4. The molecule has 0 aliphatic heterocycles. The molecule has 1 amide bonds. The van der Waals surface area contributed by atoms with Crippen LogP contribution >= 0.6 is 15.9 Å². The maximum atomic E-state index is 10.4. The molecule has 0 aliphatic carbocycles. The fraction of sp³-hybridized carbons (Fsp3) is 0.500. The number of hydrogen-bond donors (Lipinski definition) is 3. The number of benzene rings is 1. The minimum atomic E-state index is -0.630. The molecule has 1 aromatic rings. The zero-order chi connectivity index (χ0) is 15.7. The number of primary amides is 1. The zero-order valence-corrected chi connectivity index (χ0v) is 13.6. The molecule has 0 spiro atoms. The van der Waals surface area contributed by atoms with Crippen molar-refractivity contribution in [2.45, 2.75) is 13.0 Å². The van der Waals surface area contributed by atoms with Gasteiger partial charge in [0.1, 0.15) is 25.1 Å². The molecule has 4 N–H and O–H groups in total. The van der Waals surface area contributed by atoms with Crippen molar-refractivity contribution < 1.29 is 19.4 Å². The van der Waals surface area contributed by atoms with E-state index in [0.717, 1.165) is 10.0 Å². The van der Waals surface area contributed by atoms with Gasteiger partial charge in [-0.1, -0.05) is 6.07 Å². The van der Waals surface area contributed by atoms with E-state index in [4.69, 9.17) is 15.2 Å². The second kappa shape index (κ2) is 9.73. The van der Waals surface area contributed by atoms with Gasteiger partial charge >= 0.3 is 0 Å². The van der Waals surface area contributed by atoms with E-state index in [1.165, 1.54) is 0 Å². The van der Waals surface area contributed by atoms with Crippen molar-refractivity contribution in [3.63, 3.8) is 0 Å². The molecule has 1 unspecified atom stereocenters. The molecule has 7 heteroatoms. The third-order valence-electron chi connectivity index (χ3n) is 2.57. The van der Waals surface area contributed by atoms with Gasteiger partial charge in [-0.05, 0) is 40.5 Å². The second-order valence-corrected chi connectivity index (χ2v) is 5.48. The highest BCUT2D eigenvalue weighted by Gasteiger charge is 2.07. The van der Waals surface area contributed by atoms with Gasteiger partial charge in [0.2, 0.25) is 5.91 Å². The Balaban J connectivity index is 2.13. The van der Waals surface area contributed by atoms with Crippen molar-refractivity contribution in [2.24, 2.45) is 5.73 Å². The van der Waals surface area contributed by atoms with E-state index < -0.39 is 12.0 Å². The van der Waals surface area contributed by atoms with E-state index in [2.05, 4.69) is 21.2 Å². The largest absolute Gasteiger partial charge is 0.490 e. The van der Waals surface area contributed by atoms with Crippen molar-refractivity contribution in [3.05, 3.63) is 28.2 Å². The Morgan fingerprint density at radius 1 is 1.52 bits per heavy atom. The molecule has 6 nitrogen and oxygen atoms in total. The van der Waals surface area contributed by atoms with Gasteiger partial charge in [0.05, 0.1) is 11.1 Å². The molecule has 0 aromatic heterocycles. The summed E-state index contributed by atoms with van der Waals surface area (Å²) >= 11 is 3.41. The highest BCUT2D eigenvalue weighted by Crippen LogP contribution is 2.25. The maximum absolute atomic E-state index is 10.4. The van der Waals surface area contributed by atoms with Crippen molar-refractivity contribution >= 4 is 21.8 Å². The number of rotatable bonds is 10. The molecule has 0 bridgehead atoms. The summed E-state index contributed by atoms with van der Waals surface area (Å²) in [5.41, 5.74) is 6.06. The quantitative estimate of drug-likeness (QED) is 0.531. The van der Waals surface area contributed by atoms with Crippen molar-refractivity contribution in [1.29, 1.82) is 0 Å². The molecule has 0 heterocycles. The molecule has 1 rings (SSSR count). The van der Waals surface area contributed by atoms with Crippen molar-refractivity contribution in [3.8, 4) is 5.75 Å². The summed E-state index contributed by atoms with van der Waals surface area (Å²) in [5, 5.41) is 12.8. The fourth-order valence-corrected chi connectivity index (χ4v) is 2.16. The number of aryl methyl sites for hydroxylation is 1. The zero-order valence-electron chi connectivity index (χ0n) is 12.0. The van der Waals surface area contributed by atoms with Gasteiger partial charge in [0, 0.05) is 13.1 Å². The lowest BCUT2D eigenvalue weighted by molar-refractivity contribution is -0.122. The van der Waals surface area contributed by atoms with Gasteiger partial charge in [-0.25, -0.2) is 0 Å². The first kappa shape index (κ1) is 17.9. The van der Waals surface area contributed by atoms with Crippen LogP contribution in [0.3, 0.4) is 0 Å². The van der Waals surface area contributed by atoms with Crippen LogP contribution in [0.25, 0.3) is 0 Å². The van der Waals surface area contributed by atoms with Crippen LogP contribution < -0.4 is 15.8 Å². The number of aliphatic hydroxyl groups is 1. The number of nitrogens with two attached hydrogens (primary N) is 1. The Labute approximate surface area is 132 Å². The van der Waals surface area contributed by atoms with E-state index in [9.17, 15) is 9.90 Å². The highest BCUT2D eigenvalue weighted by atomic mass is 79.9. The molecule has 0 saturated carbocycles. The van der Waals surface area contributed by atoms with Crippen molar-refractivity contribution in [1.82, 2.24) is 5.32 Å². The van der Waals surface area contributed by atoms with Crippen LogP contribution in [0.15, 0.2) is 22.7 Å². The number of carbonyl (C=O) groups is 1. The first-order valence-electron chi connectivity index (χ1n) is 6.63. The molecule has 0 fully saturated rings. The average molecular weight is 361 g/mol. The van der Waals surface area contributed by atoms with Crippen LogP contribution in [0.2, 0.25) is 0 Å². The molecule has 1 atom stereocenters. The van der Waals surface area contributed by atoms with Gasteiger partial charge in [-0.15, -0.1) is 0 Å². The smallest absolute Gasteiger partial charge is 0.243 e. The predicted octanol–water partition coefficient (Wildman–Crippen LogP) is 0.589. The summed E-state index contributed by atoms with van der Waals surface area (Å²) < 4.78 is 11.4. The van der Waals surface area contributed by atoms with Crippen LogP contribution in [0.5, 0.6) is 5.75 Å². The monoisotopic (exact) mass is 360 g/mol. The van der Waals surface area contributed by atoms with Crippen LogP contribution in [0.1, 0.15) is 5.56 Å². The third kappa shape index (κ3) is 8.01. The van der Waals surface area contributed by atoms with Crippen LogP contribution in [-0.2, 0) is 9.53 Å². The van der Waals surface area contributed by atoms with Crippen molar-refractivity contribution in [2.75, 3.05) is 32.9 Å². The summed E-state index contributed by atoms with van der Waals surface area (Å²) in [6.45, 7) is 3.36. The Bertz CT molecular complexity index is 457. The summed E-state index contributed by atoms with van der Waals surface area (Å²) in [5.74, 6) is 0.205.